The van der Waals surface area contributed by atoms with Gasteiger partial charge in [-0.3, -0.25) is 9.10 Å². The van der Waals surface area contributed by atoms with Crippen molar-refractivity contribution in [2.24, 2.45) is 0 Å². The highest BCUT2D eigenvalue weighted by atomic mass is 32.2. The van der Waals surface area contributed by atoms with Gasteiger partial charge in [-0.25, -0.2) is 12.8 Å². The van der Waals surface area contributed by atoms with Gasteiger partial charge in [0, 0.05) is 0 Å². The molecule has 33 heavy (non-hydrogen) atoms. The minimum atomic E-state index is -4.04. The molecule has 0 aliphatic heterocycles. The maximum atomic E-state index is 13.4. The number of carbonyl (C=O) groups excluding carboxylic acids is 1. The zero-order valence-corrected chi connectivity index (χ0v) is 19.7. The highest BCUT2D eigenvalue weighted by molar-refractivity contribution is 7.92. The van der Waals surface area contributed by atoms with Crippen molar-refractivity contribution < 1.29 is 22.3 Å². The number of halogens is 1. The Labute approximate surface area is 194 Å². The molecule has 0 heterocycles. The van der Waals surface area contributed by atoms with Crippen LogP contribution < -0.4 is 14.4 Å². The van der Waals surface area contributed by atoms with Crippen LogP contribution in [0.4, 0.5) is 10.1 Å². The molecule has 174 valence electrons. The summed E-state index contributed by atoms with van der Waals surface area (Å²) in [5.41, 5.74) is 3.25. The first-order valence-electron chi connectivity index (χ1n) is 10.5. The number of amides is 1. The average molecular weight is 471 g/mol. The van der Waals surface area contributed by atoms with E-state index in [0.717, 1.165) is 33.1 Å². The topological polar surface area (TPSA) is 75.7 Å². The Morgan fingerprint density at radius 2 is 1.52 bits per heavy atom. The zero-order valence-electron chi connectivity index (χ0n) is 18.8. The van der Waals surface area contributed by atoms with E-state index in [-0.39, 0.29) is 23.7 Å². The van der Waals surface area contributed by atoms with E-state index in [1.54, 1.807) is 12.1 Å². The van der Waals surface area contributed by atoms with Gasteiger partial charge in [-0.1, -0.05) is 23.8 Å². The highest BCUT2D eigenvalue weighted by Crippen LogP contribution is 2.24. The number of hydrogen-bond donors (Lipinski definition) is 1. The molecule has 0 fully saturated rings. The quantitative estimate of drug-likeness (QED) is 0.477. The number of hydrogen-bond acceptors (Lipinski definition) is 4. The summed E-state index contributed by atoms with van der Waals surface area (Å²) in [6, 6.07) is 17.1. The second-order valence-corrected chi connectivity index (χ2v) is 9.69. The zero-order chi connectivity index (χ0) is 24.0. The van der Waals surface area contributed by atoms with Crippen molar-refractivity contribution in [2.75, 3.05) is 24.0 Å². The second-order valence-electron chi connectivity index (χ2n) is 7.82. The summed E-state index contributed by atoms with van der Waals surface area (Å²) in [6.45, 7) is 5.77. The molecule has 0 atom stereocenters. The minimum absolute atomic E-state index is 0.0448. The number of sulfonamides is 1. The van der Waals surface area contributed by atoms with Gasteiger partial charge in [0.1, 0.15) is 24.7 Å². The van der Waals surface area contributed by atoms with Gasteiger partial charge in [-0.2, -0.15) is 0 Å². The van der Waals surface area contributed by atoms with Crippen LogP contribution in [0.2, 0.25) is 0 Å². The van der Waals surface area contributed by atoms with Crippen LogP contribution in [0.15, 0.2) is 71.6 Å². The molecule has 3 aromatic carbocycles. The standard InChI is InChI=1S/C25H27FN2O4S/c1-18-4-10-24(11-5-18)33(30,31)28(22-8-6-21(26)7-9-22)17-25(29)27-12-13-32-23-15-19(2)14-20(3)16-23/h4-11,14-16H,12-13,17H2,1-3H3,(H,27,29). The van der Waals surface area contributed by atoms with Gasteiger partial charge in [-0.05, 0) is 80.4 Å². The Hall–Kier alpha value is -3.39. The third kappa shape index (κ3) is 6.55. The van der Waals surface area contributed by atoms with E-state index in [2.05, 4.69) is 5.32 Å². The molecule has 0 bridgehead atoms. The number of anilines is 1. The fraction of sp³-hybridized carbons (Fsp3) is 0.240. The third-order valence-corrected chi connectivity index (χ3v) is 6.69. The van der Waals surface area contributed by atoms with Gasteiger partial charge in [-0.15, -0.1) is 0 Å². The monoisotopic (exact) mass is 470 g/mol. The van der Waals surface area contributed by atoms with E-state index >= 15 is 0 Å². The van der Waals surface area contributed by atoms with Crippen molar-refractivity contribution in [2.45, 2.75) is 25.7 Å². The summed E-state index contributed by atoms with van der Waals surface area (Å²) in [6.07, 6.45) is 0. The van der Waals surface area contributed by atoms with Crippen molar-refractivity contribution >= 4 is 21.6 Å². The molecule has 0 unspecified atom stereocenters. The molecule has 0 aliphatic rings. The van der Waals surface area contributed by atoms with Crippen LogP contribution in [0.25, 0.3) is 0 Å². The van der Waals surface area contributed by atoms with Crippen LogP contribution in [-0.2, 0) is 14.8 Å². The van der Waals surface area contributed by atoms with E-state index in [4.69, 9.17) is 4.74 Å². The van der Waals surface area contributed by atoms with Crippen molar-refractivity contribution in [1.29, 1.82) is 0 Å². The molecule has 0 radical (unpaired) electrons. The van der Waals surface area contributed by atoms with Crippen molar-refractivity contribution in [3.8, 4) is 5.75 Å². The summed E-state index contributed by atoms with van der Waals surface area (Å²) in [7, 11) is -4.04. The third-order valence-electron chi connectivity index (χ3n) is 4.90. The first-order valence-corrected chi connectivity index (χ1v) is 11.9. The lowest BCUT2D eigenvalue weighted by atomic mass is 10.1. The van der Waals surface area contributed by atoms with Gasteiger partial charge < -0.3 is 10.1 Å². The number of nitrogens with one attached hydrogen (secondary N) is 1. The molecule has 8 heteroatoms. The van der Waals surface area contributed by atoms with Gasteiger partial charge in [0.15, 0.2) is 0 Å². The molecule has 1 amide bonds. The fourth-order valence-electron chi connectivity index (χ4n) is 3.32. The number of aryl methyl sites for hydroxylation is 3. The molecule has 6 nitrogen and oxygen atoms in total. The molecule has 0 spiro atoms. The largest absolute Gasteiger partial charge is 0.492 e. The molecule has 3 rings (SSSR count). The molecule has 0 saturated heterocycles. The predicted molar refractivity (Wildman–Crippen MR) is 127 cm³/mol. The van der Waals surface area contributed by atoms with E-state index < -0.39 is 28.3 Å². The smallest absolute Gasteiger partial charge is 0.264 e. The number of ether oxygens (including phenoxy) is 1. The van der Waals surface area contributed by atoms with Crippen molar-refractivity contribution in [1.82, 2.24) is 5.32 Å². The maximum Gasteiger partial charge on any atom is 0.264 e. The van der Waals surface area contributed by atoms with Crippen LogP contribution in [-0.4, -0.2) is 34.0 Å². The van der Waals surface area contributed by atoms with Gasteiger partial charge in [0.25, 0.3) is 10.0 Å². The normalized spacial score (nSPS) is 11.2. The molecule has 0 aromatic heterocycles. The van der Waals surface area contributed by atoms with Crippen molar-refractivity contribution in [3.63, 3.8) is 0 Å². The minimum Gasteiger partial charge on any atom is -0.492 e. The second kappa shape index (κ2) is 10.5. The Morgan fingerprint density at radius 1 is 0.909 bits per heavy atom. The Bertz CT molecular complexity index is 1190. The summed E-state index contributed by atoms with van der Waals surface area (Å²) < 4.78 is 46.6. The van der Waals surface area contributed by atoms with Crippen molar-refractivity contribution in [3.05, 3.63) is 89.2 Å². The lowest BCUT2D eigenvalue weighted by Gasteiger charge is -2.24. The first kappa shape index (κ1) is 24.3. The van der Waals surface area contributed by atoms with Crippen LogP contribution in [0.5, 0.6) is 5.75 Å². The lowest BCUT2D eigenvalue weighted by Crippen LogP contribution is -2.41. The van der Waals surface area contributed by atoms with E-state index in [0.29, 0.717) is 5.75 Å². The lowest BCUT2D eigenvalue weighted by molar-refractivity contribution is -0.119. The Balaban J connectivity index is 1.69. The molecule has 0 saturated carbocycles. The Kier molecular flexibility index (Phi) is 7.71. The number of nitrogens with zero attached hydrogens (tertiary/aromatic N) is 1. The van der Waals surface area contributed by atoms with Gasteiger partial charge >= 0.3 is 0 Å². The predicted octanol–water partition coefficient (Wildman–Crippen LogP) is 4.14. The summed E-state index contributed by atoms with van der Waals surface area (Å²) in [5.74, 6) is -0.296. The number of rotatable bonds is 9. The highest BCUT2D eigenvalue weighted by Gasteiger charge is 2.27. The Morgan fingerprint density at radius 3 is 2.12 bits per heavy atom. The summed E-state index contributed by atoms with van der Waals surface area (Å²) >= 11 is 0. The molecule has 0 aliphatic carbocycles. The molecular weight excluding hydrogens is 443 g/mol. The van der Waals surface area contributed by atoms with Crippen LogP contribution in [0.3, 0.4) is 0 Å². The maximum absolute atomic E-state index is 13.4. The van der Waals surface area contributed by atoms with E-state index in [1.807, 2.05) is 39.0 Å². The molecular formula is C25H27FN2O4S. The van der Waals surface area contributed by atoms with Gasteiger partial charge in [0.2, 0.25) is 5.91 Å². The van der Waals surface area contributed by atoms with E-state index in [9.17, 15) is 17.6 Å². The molecule has 3 aromatic rings. The first-order chi connectivity index (χ1) is 15.6. The van der Waals surface area contributed by atoms with Gasteiger partial charge in [0.05, 0.1) is 17.1 Å². The number of benzene rings is 3. The van der Waals surface area contributed by atoms with Crippen LogP contribution >= 0.6 is 0 Å². The van der Waals surface area contributed by atoms with E-state index in [1.165, 1.54) is 24.3 Å². The summed E-state index contributed by atoms with van der Waals surface area (Å²) in [4.78, 5) is 12.6. The summed E-state index contributed by atoms with van der Waals surface area (Å²) in [5, 5.41) is 2.68. The van der Waals surface area contributed by atoms with Crippen LogP contribution in [0, 0.1) is 26.6 Å². The number of carbonyl (C=O) groups is 1. The van der Waals surface area contributed by atoms with Crippen LogP contribution in [0.1, 0.15) is 16.7 Å². The molecule has 1 N–H and O–H groups in total. The average Bonchev–Trinajstić information content (AvgIpc) is 2.75. The fourth-order valence-corrected chi connectivity index (χ4v) is 4.74. The SMILES string of the molecule is Cc1ccc(S(=O)(=O)N(CC(=O)NCCOc2cc(C)cc(C)c2)c2ccc(F)cc2)cc1.